The van der Waals surface area contributed by atoms with Gasteiger partial charge in [0.1, 0.15) is 18.6 Å². The monoisotopic (exact) mass is 338 g/mol. The molecule has 128 valence electrons. The summed E-state index contributed by atoms with van der Waals surface area (Å²) in [4.78, 5) is 36.6. The normalized spacial score (nSPS) is 13.0. The van der Waals surface area contributed by atoms with Gasteiger partial charge in [-0.1, -0.05) is 30.3 Å². The van der Waals surface area contributed by atoms with Crippen LogP contribution >= 0.6 is 0 Å². The molecule has 0 aliphatic carbocycles. The van der Waals surface area contributed by atoms with Crippen LogP contribution in [0.4, 0.5) is 5.69 Å². The van der Waals surface area contributed by atoms with E-state index in [2.05, 4.69) is 5.32 Å². The predicted molar refractivity (Wildman–Crippen MR) is 92.8 cm³/mol. The third-order valence-corrected chi connectivity index (χ3v) is 3.94. The highest BCUT2D eigenvalue weighted by atomic mass is 16.5. The number of carbonyl (C=O) groups excluding carboxylic acids is 3. The molecule has 0 fully saturated rings. The minimum absolute atomic E-state index is 0.105. The van der Waals surface area contributed by atoms with Gasteiger partial charge in [-0.25, -0.2) is 0 Å². The molecule has 0 saturated heterocycles. The number of amides is 2. The topological polar surface area (TPSA) is 75.7 Å². The Bertz CT molecular complexity index is 789. The molecule has 25 heavy (non-hydrogen) atoms. The molecule has 2 amide bonds. The lowest BCUT2D eigenvalue weighted by Crippen LogP contribution is -2.45. The Balaban J connectivity index is 1.63. The first-order chi connectivity index (χ1) is 12.2. The fraction of sp³-hybridized carbons (Fsp3) is 0.211. The standard InChI is InChI=1S/C19H18N2O4/c22-12-15-6-7-17-16(10-15)21(19(24)13-25-17)11-18(23)20-9-8-14-4-2-1-3-5-14/h1-7,10,12H,8-9,11,13H2,(H,20,23). The molecular weight excluding hydrogens is 320 g/mol. The van der Waals surface area contributed by atoms with Crippen LogP contribution in [0.25, 0.3) is 0 Å². The first-order valence-electron chi connectivity index (χ1n) is 8.00. The molecule has 0 aromatic heterocycles. The van der Waals surface area contributed by atoms with Crippen LogP contribution < -0.4 is 15.0 Å². The highest BCUT2D eigenvalue weighted by Gasteiger charge is 2.27. The Morgan fingerprint density at radius 2 is 2.00 bits per heavy atom. The Morgan fingerprint density at radius 3 is 2.76 bits per heavy atom. The summed E-state index contributed by atoms with van der Waals surface area (Å²) in [6.07, 6.45) is 1.41. The third kappa shape index (κ3) is 4.03. The minimum atomic E-state index is -0.311. The molecule has 3 rings (SSSR count). The van der Waals surface area contributed by atoms with E-state index in [-0.39, 0.29) is 25.0 Å². The lowest BCUT2D eigenvalue weighted by Gasteiger charge is -2.29. The molecule has 0 unspecified atom stereocenters. The van der Waals surface area contributed by atoms with Crippen molar-refractivity contribution in [2.45, 2.75) is 6.42 Å². The minimum Gasteiger partial charge on any atom is -0.482 e. The summed E-state index contributed by atoms with van der Waals surface area (Å²) >= 11 is 0. The maximum absolute atomic E-state index is 12.2. The summed E-state index contributed by atoms with van der Waals surface area (Å²) in [5.41, 5.74) is 2.00. The molecule has 0 bridgehead atoms. The van der Waals surface area contributed by atoms with Crippen molar-refractivity contribution in [1.82, 2.24) is 5.32 Å². The van der Waals surface area contributed by atoms with Crippen molar-refractivity contribution in [3.8, 4) is 5.75 Å². The van der Waals surface area contributed by atoms with Crippen LogP contribution in [0, 0.1) is 0 Å². The Labute approximate surface area is 145 Å². The van der Waals surface area contributed by atoms with Gasteiger partial charge in [0.15, 0.2) is 6.61 Å². The van der Waals surface area contributed by atoms with Gasteiger partial charge >= 0.3 is 0 Å². The van der Waals surface area contributed by atoms with Gasteiger partial charge in [0.25, 0.3) is 5.91 Å². The zero-order chi connectivity index (χ0) is 17.6. The molecule has 1 aliphatic heterocycles. The second kappa shape index (κ2) is 7.61. The van der Waals surface area contributed by atoms with Crippen LogP contribution in [0.15, 0.2) is 48.5 Å². The van der Waals surface area contributed by atoms with Crippen molar-refractivity contribution in [1.29, 1.82) is 0 Å². The number of nitrogens with one attached hydrogen (secondary N) is 1. The lowest BCUT2D eigenvalue weighted by atomic mass is 10.1. The predicted octanol–water partition coefficient (Wildman–Crippen LogP) is 1.58. The van der Waals surface area contributed by atoms with Crippen LogP contribution in [0.2, 0.25) is 0 Å². The van der Waals surface area contributed by atoms with Gasteiger partial charge in [-0.3, -0.25) is 19.3 Å². The molecule has 1 aliphatic rings. The van der Waals surface area contributed by atoms with E-state index in [4.69, 9.17) is 4.74 Å². The van der Waals surface area contributed by atoms with Gasteiger partial charge in [0.2, 0.25) is 5.91 Å². The second-order valence-corrected chi connectivity index (χ2v) is 5.70. The van der Waals surface area contributed by atoms with Gasteiger partial charge in [-0.2, -0.15) is 0 Å². The maximum Gasteiger partial charge on any atom is 0.265 e. The summed E-state index contributed by atoms with van der Waals surface area (Å²) in [6.45, 7) is 0.264. The largest absolute Gasteiger partial charge is 0.482 e. The summed E-state index contributed by atoms with van der Waals surface area (Å²) in [6, 6.07) is 14.6. The van der Waals surface area contributed by atoms with E-state index in [0.29, 0.717) is 29.8 Å². The number of benzene rings is 2. The van der Waals surface area contributed by atoms with Crippen molar-refractivity contribution < 1.29 is 19.1 Å². The average molecular weight is 338 g/mol. The molecule has 1 heterocycles. The van der Waals surface area contributed by atoms with Crippen LogP contribution in [-0.2, 0) is 16.0 Å². The van der Waals surface area contributed by atoms with Crippen LogP contribution in [-0.4, -0.2) is 37.8 Å². The smallest absolute Gasteiger partial charge is 0.265 e. The van der Waals surface area contributed by atoms with E-state index in [1.54, 1.807) is 18.2 Å². The van der Waals surface area contributed by atoms with Crippen LogP contribution in [0.3, 0.4) is 0 Å². The number of aldehydes is 1. The fourth-order valence-corrected chi connectivity index (χ4v) is 2.66. The highest BCUT2D eigenvalue weighted by Crippen LogP contribution is 2.32. The van der Waals surface area contributed by atoms with Gasteiger partial charge in [-0.05, 0) is 30.2 Å². The van der Waals surface area contributed by atoms with Crippen molar-refractivity contribution in [2.75, 3.05) is 24.6 Å². The van der Waals surface area contributed by atoms with E-state index in [0.717, 1.165) is 12.0 Å². The fourth-order valence-electron chi connectivity index (χ4n) is 2.66. The zero-order valence-electron chi connectivity index (χ0n) is 13.6. The van der Waals surface area contributed by atoms with Gasteiger partial charge in [0, 0.05) is 12.1 Å². The number of hydrogen-bond donors (Lipinski definition) is 1. The summed E-state index contributed by atoms with van der Waals surface area (Å²) in [5.74, 6) is -0.0790. The number of carbonyl (C=O) groups is 3. The van der Waals surface area contributed by atoms with E-state index < -0.39 is 0 Å². The number of anilines is 1. The molecular formula is C19H18N2O4. The zero-order valence-corrected chi connectivity index (χ0v) is 13.6. The molecule has 1 N–H and O–H groups in total. The van der Waals surface area contributed by atoms with Crippen molar-refractivity contribution in [2.24, 2.45) is 0 Å². The number of nitrogens with zero attached hydrogens (tertiary/aromatic N) is 1. The summed E-state index contributed by atoms with van der Waals surface area (Å²) in [5, 5.41) is 2.82. The maximum atomic E-state index is 12.2. The van der Waals surface area contributed by atoms with Gasteiger partial charge in [-0.15, -0.1) is 0 Å². The molecule has 2 aromatic rings. The number of fused-ring (bicyclic) bond motifs is 1. The van der Waals surface area contributed by atoms with Crippen LogP contribution in [0.5, 0.6) is 5.75 Å². The quantitative estimate of drug-likeness (QED) is 0.812. The number of ether oxygens (including phenoxy) is 1. The Morgan fingerprint density at radius 1 is 1.20 bits per heavy atom. The Hall–Kier alpha value is -3.15. The van der Waals surface area contributed by atoms with Crippen molar-refractivity contribution >= 4 is 23.8 Å². The lowest BCUT2D eigenvalue weighted by molar-refractivity contribution is -0.125. The van der Waals surface area contributed by atoms with Crippen LogP contribution in [0.1, 0.15) is 15.9 Å². The molecule has 0 spiro atoms. The van der Waals surface area contributed by atoms with E-state index in [9.17, 15) is 14.4 Å². The number of hydrogen-bond acceptors (Lipinski definition) is 4. The van der Waals surface area contributed by atoms with E-state index in [1.165, 1.54) is 4.90 Å². The van der Waals surface area contributed by atoms with Crippen molar-refractivity contribution in [3.05, 3.63) is 59.7 Å². The molecule has 0 radical (unpaired) electrons. The third-order valence-electron chi connectivity index (χ3n) is 3.94. The van der Waals surface area contributed by atoms with Gasteiger partial charge in [0.05, 0.1) is 5.69 Å². The highest BCUT2D eigenvalue weighted by molar-refractivity contribution is 6.02. The SMILES string of the molecule is O=Cc1ccc2c(c1)N(CC(=O)NCCc1ccccc1)C(=O)CO2. The van der Waals surface area contributed by atoms with E-state index >= 15 is 0 Å². The summed E-state index contributed by atoms with van der Waals surface area (Å²) < 4.78 is 5.35. The molecule has 6 heteroatoms. The van der Waals surface area contributed by atoms with Gasteiger partial charge < -0.3 is 10.1 Å². The summed E-state index contributed by atoms with van der Waals surface area (Å²) in [7, 11) is 0. The van der Waals surface area contributed by atoms with E-state index in [1.807, 2.05) is 30.3 Å². The molecule has 0 atom stereocenters. The average Bonchev–Trinajstić information content (AvgIpc) is 2.64. The number of rotatable bonds is 6. The molecule has 2 aromatic carbocycles. The first kappa shape index (κ1) is 16.7. The molecule has 6 nitrogen and oxygen atoms in total. The second-order valence-electron chi connectivity index (χ2n) is 5.70. The molecule has 0 saturated carbocycles. The van der Waals surface area contributed by atoms with Crippen molar-refractivity contribution in [3.63, 3.8) is 0 Å². The first-order valence-corrected chi connectivity index (χ1v) is 8.00. The Kier molecular flexibility index (Phi) is 5.09.